The molecule has 2 amide bonds. The van der Waals surface area contributed by atoms with Gasteiger partial charge in [0.05, 0.1) is 12.2 Å². The minimum atomic E-state index is -0.0662. The van der Waals surface area contributed by atoms with Crippen LogP contribution in [0.2, 0.25) is 0 Å². The van der Waals surface area contributed by atoms with Gasteiger partial charge in [0, 0.05) is 18.3 Å². The zero-order valence-corrected chi connectivity index (χ0v) is 14.2. The zero-order chi connectivity index (χ0) is 17.7. The molecule has 5 nitrogen and oxygen atoms in total. The molecule has 2 aliphatic rings. The van der Waals surface area contributed by atoms with Crippen molar-refractivity contribution < 1.29 is 14.3 Å². The number of fused-ring (bicyclic) bond motifs is 2. The Morgan fingerprint density at radius 1 is 1.16 bits per heavy atom. The molecule has 0 saturated heterocycles. The summed E-state index contributed by atoms with van der Waals surface area (Å²) in [7, 11) is 1.74. The van der Waals surface area contributed by atoms with Gasteiger partial charge in [-0.25, -0.2) is 0 Å². The number of nitrogens with zero attached hydrogens (tertiary/aromatic N) is 2. The molecular weight excluding hydrogens is 316 g/mol. The molecule has 0 unspecified atom stereocenters. The fraction of sp³-hybridized carbons (Fsp3) is 0.200. The highest BCUT2D eigenvalue weighted by atomic mass is 16.5. The van der Waals surface area contributed by atoms with E-state index in [2.05, 4.69) is 6.58 Å². The second-order valence-corrected chi connectivity index (χ2v) is 6.38. The molecule has 2 aromatic rings. The largest absolute Gasteiger partial charge is 0.482 e. The number of allylic oxidation sites excluding steroid dienone is 1. The van der Waals surface area contributed by atoms with E-state index in [9.17, 15) is 9.59 Å². The zero-order valence-electron chi connectivity index (χ0n) is 14.2. The van der Waals surface area contributed by atoms with Gasteiger partial charge in [0.25, 0.3) is 11.8 Å². The first kappa shape index (κ1) is 15.4. The third-order valence-electron chi connectivity index (χ3n) is 4.79. The second kappa shape index (κ2) is 5.48. The number of ether oxygens (including phenoxy) is 1. The molecule has 4 rings (SSSR count). The van der Waals surface area contributed by atoms with Crippen LogP contribution >= 0.6 is 0 Å². The molecule has 0 N–H and O–H groups in total. The molecule has 25 heavy (non-hydrogen) atoms. The molecule has 2 aliphatic heterocycles. The lowest BCUT2D eigenvalue weighted by atomic mass is 9.96. The number of anilines is 1. The molecule has 0 aliphatic carbocycles. The molecule has 0 bridgehead atoms. The summed E-state index contributed by atoms with van der Waals surface area (Å²) in [6, 6.07) is 11.5. The number of benzene rings is 2. The first-order valence-corrected chi connectivity index (χ1v) is 8.10. The fourth-order valence-electron chi connectivity index (χ4n) is 3.36. The average Bonchev–Trinajstić information content (AvgIpc) is 2.95. The molecule has 5 heteroatoms. The van der Waals surface area contributed by atoms with E-state index >= 15 is 0 Å². The van der Waals surface area contributed by atoms with Gasteiger partial charge in [-0.1, -0.05) is 24.8 Å². The summed E-state index contributed by atoms with van der Waals surface area (Å²) in [5.41, 5.74) is 5.17. The van der Waals surface area contributed by atoms with Crippen LogP contribution in [0.5, 0.6) is 5.75 Å². The Kier molecular flexibility index (Phi) is 3.39. The third kappa shape index (κ3) is 2.31. The predicted molar refractivity (Wildman–Crippen MR) is 95.5 cm³/mol. The number of hydrogen-bond acceptors (Lipinski definition) is 3. The lowest BCUT2D eigenvalue weighted by Crippen LogP contribution is -2.35. The highest BCUT2D eigenvalue weighted by Gasteiger charge is 2.30. The van der Waals surface area contributed by atoms with Crippen molar-refractivity contribution in [3.8, 4) is 16.9 Å². The fourth-order valence-corrected chi connectivity index (χ4v) is 3.36. The van der Waals surface area contributed by atoms with Crippen LogP contribution in [0.25, 0.3) is 11.1 Å². The summed E-state index contributed by atoms with van der Waals surface area (Å²) < 4.78 is 5.59. The van der Waals surface area contributed by atoms with Gasteiger partial charge in [-0.3, -0.25) is 9.59 Å². The van der Waals surface area contributed by atoms with E-state index in [1.165, 1.54) is 0 Å². The Morgan fingerprint density at radius 3 is 2.68 bits per heavy atom. The molecule has 0 fully saturated rings. The summed E-state index contributed by atoms with van der Waals surface area (Å²) >= 11 is 0. The molecule has 0 aromatic heterocycles. The predicted octanol–water partition coefficient (Wildman–Crippen LogP) is 3.20. The lowest BCUT2D eigenvalue weighted by Gasteiger charge is -2.26. The average molecular weight is 334 g/mol. The van der Waals surface area contributed by atoms with Crippen LogP contribution in [0, 0.1) is 0 Å². The Hall–Kier alpha value is -3.08. The topological polar surface area (TPSA) is 49.9 Å². The Balaban J connectivity index is 1.80. The minimum absolute atomic E-state index is 0.0103. The summed E-state index contributed by atoms with van der Waals surface area (Å²) in [5.74, 6) is 0.603. The Bertz CT molecular complexity index is 933. The maximum atomic E-state index is 12.5. The molecule has 0 radical (unpaired) electrons. The van der Waals surface area contributed by atoms with Gasteiger partial charge in [-0.2, -0.15) is 0 Å². The van der Waals surface area contributed by atoms with Crippen molar-refractivity contribution in [2.75, 3.05) is 18.6 Å². The van der Waals surface area contributed by atoms with Crippen LogP contribution in [0.15, 0.2) is 48.7 Å². The van der Waals surface area contributed by atoms with E-state index in [4.69, 9.17) is 4.74 Å². The van der Waals surface area contributed by atoms with Crippen LogP contribution < -0.4 is 9.64 Å². The van der Waals surface area contributed by atoms with Gasteiger partial charge in [-0.15, -0.1) is 0 Å². The maximum absolute atomic E-state index is 12.5. The summed E-state index contributed by atoms with van der Waals surface area (Å²) in [6.07, 6.45) is 0. The van der Waals surface area contributed by atoms with E-state index in [0.29, 0.717) is 17.9 Å². The van der Waals surface area contributed by atoms with Crippen LogP contribution in [0.4, 0.5) is 5.69 Å². The standard InChI is InChI=1S/C20H18N2O3/c1-12(2)22-10-16-14(5-4-6-15(16)20(22)24)13-7-8-17-18(9-13)25-11-19(23)21(17)3/h4-9H,1,10-11H2,2-3H3. The maximum Gasteiger partial charge on any atom is 0.264 e. The highest BCUT2D eigenvalue weighted by molar-refractivity contribution is 6.02. The van der Waals surface area contributed by atoms with Crippen molar-refractivity contribution in [3.63, 3.8) is 0 Å². The minimum Gasteiger partial charge on any atom is -0.482 e. The summed E-state index contributed by atoms with van der Waals surface area (Å²) in [6.45, 7) is 6.30. The van der Waals surface area contributed by atoms with Crippen molar-refractivity contribution in [1.82, 2.24) is 4.90 Å². The number of likely N-dealkylation sites (N-methyl/N-ethyl adjacent to an activating group) is 1. The number of amides is 2. The molecule has 2 heterocycles. The molecule has 0 atom stereocenters. The molecule has 126 valence electrons. The Labute approximate surface area is 146 Å². The number of carbonyl (C=O) groups is 2. The van der Waals surface area contributed by atoms with E-state index in [0.717, 1.165) is 28.1 Å². The highest BCUT2D eigenvalue weighted by Crippen LogP contribution is 2.39. The summed E-state index contributed by atoms with van der Waals surface area (Å²) in [5, 5.41) is 0. The van der Waals surface area contributed by atoms with Crippen molar-refractivity contribution in [3.05, 3.63) is 59.8 Å². The van der Waals surface area contributed by atoms with Crippen molar-refractivity contribution in [2.45, 2.75) is 13.5 Å². The normalized spacial score (nSPS) is 15.8. The quantitative estimate of drug-likeness (QED) is 0.847. The molecule has 0 spiro atoms. The first-order valence-electron chi connectivity index (χ1n) is 8.10. The molecule has 2 aromatic carbocycles. The monoisotopic (exact) mass is 334 g/mol. The first-order chi connectivity index (χ1) is 12.0. The van der Waals surface area contributed by atoms with Crippen molar-refractivity contribution >= 4 is 17.5 Å². The van der Waals surface area contributed by atoms with Gasteiger partial charge in [0.15, 0.2) is 6.61 Å². The third-order valence-corrected chi connectivity index (χ3v) is 4.79. The second-order valence-electron chi connectivity index (χ2n) is 6.38. The van der Waals surface area contributed by atoms with Crippen LogP contribution in [-0.2, 0) is 11.3 Å². The van der Waals surface area contributed by atoms with Gasteiger partial charge >= 0.3 is 0 Å². The van der Waals surface area contributed by atoms with Gasteiger partial charge < -0.3 is 14.5 Å². The number of rotatable bonds is 2. The SMILES string of the molecule is C=C(C)N1Cc2c(cccc2-c2ccc3c(c2)OCC(=O)N3C)C1=O. The van der Waals surface area contributed by atoms with E-state index in [1.807, 2.05) is 43.3 Å². The van der Waals surface area contributed by atoms with Gasteiger partial charge in [-0.05, 0) is 41.8 Å². The van der Waals surface area contributed by atoms with Crippen molar-refractivity contribution in [2.24, 2.45) is 0 Å². The van der Waals surface area contributed by atoms with E-state index in [-0.39, 0.29) is 18.4 Å². The number of carbonyl (C=O) groups excluding carboxylic acids is 2. The van der Waals surface area contributed by atoms with Crippen molar-refractivity contribution in [1.29, 1.82) is 0 Å². The van der Waals surface area contributed by atoms with Crippen LogP contribution in [0.1, 0.15) is 22.8 Å². The molecular formula is C20H18N2O3. The van der Waals surface area contributed by atoms with E-state index in [1.54, 1.807) is 16.8 Å². The smallest absolute Gasteiger partial charge is 0.264 e. The van der Waals surface area contributed by atoms with Crippen LogP contribution in [-0.4, -0.2) is 30.4 Å². The Morgan fingerprint density at radius 2 is 1.92 bits per heavy atom. The number of hydrogen-bond donors (Lipinski definition) is 0. The van der Waals surface area contributed by atoms with E-state index < -0.39 is 0 Å². The summed E-state index contributed by atoms with van der Waals surface area (Å²) in [4.78, 5) is 27.6. The van der Waals surface area contributed by atoms with Gasteiger partial charge in [0.1, 0.15) is 5.75 Å². The van der Waals surface area contributed by atoms with Gasteiger partial charge in [0.2, 0.25) is 0 Å². The lowest BCUT2D eigenvalue weighted by molar-refractivity contribution is -0.120. The molecule has 0 saturated carbocycles. The van der Waals surface area contributed by atoms with Crippen LogP contribution in [0.3, 0.4) is 0 Å².